The minimum absolute atomic E-state index is 0.00267. The van der Waals surface area contributed by atoms with Crippen LogP contribution in [-0.2, 0) is 30.2 Å². The SMILES string of the molecule is Cc1ccc(Br)cc1C1N2C(=O)C3(C)N(C)C(=O)C2(CC1(C)C)S3=S. The van der Waals surface area contributed by atoms with Gasteiger partial charge >= 0.3 is 0 Å². The van der Waals surface area contributed by atoms with E-state index in [0.717, 1.165) is 15.6 Å². The van der Waals surface area contributed by atoms with E-state index in [2.05, 4.69) is 48.8 Å². The maximum Gasteiger partial charge on any atom is 0.261 e. The van der Waals surface area contributed by atoms with E-state index >= 15 is 0 Å². The van der Waals surface area contributed by atoms with Gasteiger partial charge in [-0.25, -0.2) is 0 Å². The molecule has 1 spiro atoms. The van der Waals surface area contributed by atoms with Crippen LogP contribution in [0.5, 0.6) is 0 Å². The van der Waals surface area contributed by atoms with Crippen LogP contribution >= 0.6 is 15.9 Å². The Labute approximate surface area is 163 Å². The molecule has 2 bridgehead atoms. The lowest BCUT2D eigenvalue weighted by Crippen LogP contribution is -2.60. The Morgan fingerprint density at radius 2 is 1.88 bits per heavy atom. The first-order valence-corrected chi connectivity index (χ1v) is 11.2. The smallest absolute Gasteiger partial charge is 0.261 e. The number of benzene rings is 1. The van der Waals surface area contributed by atoms with Crippen LogP contribution in [0.1, 0.15) is 44.4 Å². The molecule has 2 amide bonds. The van der Waals surface area contributed by atoms with E-state index in [-0.39, 0.29) is 23.3 Å². The van der Waals surface area contributed by atoms with Crippen molar-refractivity contribution >= 4 is 48.4 Å². The normalized spacial score (nSPS) is 38.6. The maximum atomic E-state index is 13.5. The van der Waals surface area contributed by atoms with Crippen molar-refractivity contribution in [3.05, 3.63) is 33.8 Å². The summed E-state index contributed by atoms with van der Waals surface area (Å²) in [6, 6.07) is 6.00. The third-order valence-electron chi connectivity index (χ3n) is 6.18. The van der Waals surface area contributed by atoms with Crippen LogP contribution in [0.25, 0.3) is 0 Å². The van der Waals surface area contributed by atoms with Crippen molar-refractivity contribution in [2.45, 2.75) is 49.9 Å². The number of halogens is 1. The molecule has 25 heavy (non-hydrogen) atoms. The van der Waals surface area contributed by atoms with Gasteiger partial charge in [0.25, 0.3) is 11.8 Å². The molecule has 4 unspecified atom stereocenters. The lowest BCUT2D eigenvalue weighted by Gasteiger charge is -2.40. The van der Waals surface area contributed by atoms with Crippen LogP contribution < -0.4 is 0 Å². The van der Waals surface area contributed by atoms with Crippen molar-refractivity contribution in [2.24, 2.45) is 5.41 Å². The van der Waals surface area contributed by atoms with E-state index in [1.165, 1.54) is 0 Å². The number of amides is 2. The average Bonchev–Trinajstić information content (AvgIpc) is 2.94. The number of aryl methyl sites for hydroxylation is 1. The van der Waals surface area contributed by atoms with Gasteiger partial charge < -0.3 is 9.80 Å². The number of hydrogen-bond acceptors (Lipinski definition) is 3. The number of rotatable bonds is 1. The fraction of sp³-hybridized carbons (Fsp3) is 0.556. The molecule has 134 valence electrons. The minimum atomic E-state index is -0.888. The van der Waals surface area contributed by atoms with E-state index < -0.39 is 19.2 Å². The Hall–Kier alpha value is -0.790. The highest BCUT2D eigenvalue weighted by Crippen LogP contribution is 2.65. The van der Waals surface area contributed by atoms with Gasteiger partial charge in [0.2, 0.25) is 0 Å². The van der Waals surface area contributed by atoms with Crippen LogP contribution in [0.4, 0.5) is 0 Å². The molecule has 3 heterocycles. The highest BCUT2D eigenvalue weighted by atomic mass is 79.9. The van der Waals surface area contributed by atoms with Crippen molar-refractivity contribution in [3.8, 4) is 0 Å². The molecule has 3 aliphatic heterocycles. The number of carbonyl (C=O) groups excluding carboxylic acids is 2. The summed E-state index contributed by atoms with van der Waals surface area (Å²) in [4.78, 5) is 28.4. The van der Waals surface area contributed by atoms with Crippen LogP contribution in [0.2, 0.25) is 0 Å². The van der Waals surface area contributed by atoms with Crippen molar-refractivity contribution < 1.29 is 9.59 Å². The monoisotopic (exact) mass is 440 g/mol. The van der Waals surface area contributed by atoms with Gasteiger partial charge in [-0.2, -0.15) is 0 Å². The fourth-order valence-corrected chi connectivity index (χ4v) is 8.84. The molecule has 4 rings (SSSR count). The van der Waals surface area contributed by atoms with Crippen LogP contribution in [-0.4, -0.2) is 38.4 Å². The standard InChI is InChI=1S/C18H21BrN2O2S2/c1-10-6-7-11(19)8-12(10)13-16(2,3)9-18-15(23)20(5)17(4,25(18)24)14(22)21(13)18/h6-8,13H,9H2,1-5H3. The molecule has 4 atom stereocenters. The van der Waals surface area contributed by atoms with Gasteiger partial charge in [0.15, 0.2) is 9.74 Å². The van der Waals surface area contributed by atoms with Gasteiger partial charge in [0, 0.05) is 11.5 Å². The number of fused-ring (bicyclic) bond motifs is 1. The molecule has 1 aromatic carbocycles. The quantitative estimate of drug-likeness (QED) is 0.673. The summed E-state index contributed by atoms with van der Waals surface area (Å²) in [5.41, 5.74) is 2.00. The predicted octanol–water partition coefficient (Wildman–Crippen LogP) is 3.04. The van der Waals surface area contributed by atoms with Gasteiger partial charge in [-0.3, -0.25) is 9.59 Å². The molecule has 0 aliphatic carbocycles. The van der Waals surface area contributed by atoms with Crippen LogP contribution in [0.15, 0.2) is 22.7 Å². The van der Waals surface area contributed by atoms with E-state index in [1.54, 1.807) is 11.9 Å². The van der Waals surface area contributed by atoms with Gasteiger partial charge in [0.05, 0.1) is 6.04 Å². The first-order valence-electron chi connectivity index (χ1n) is 8.29. The van der Waals surface area contributed by atoms with Crippen molar-refractivity contribution in [1.82, 2.24) is 9.80 Å². The first-order chi connectivity index (χ1) is 11.5. The molecule has 3 saturated heterocycles. The Bertz CT molecular complexity index is 871. The van der Waals surface area contributed by atoms with Gasteiger partial charge in [-0.05, 0) is 60.1 Å². The minimum Gasteiger partial charge on any atom is -0.320 e. The largest absolute Gasteiger partial charge is 0.320 e. The third-order valence-corrected chi connectivity index (χ3v) is 10.8. The highest BCUT2D eigenvalue weighted by molar-refractivity contribution is 9.10. The van der Waals surface area contributed by atoms with Gasteiger partial charge in [-0.15, -0.1) is 0 Å². The zero-order chi connectivity index (χ0) is 18.5. The van der Waals surface area contributed by atoms with E-state index in [1.807, 2.05) is 17.9 Å². The topological polar surface area (TPSA) is 40.6 Å². The summed E-state index contributed by atoms with van der Waals surface area (Å²) in [5, 5.41) is 0. The van der Waals surface area contributed by atoms with Gasteiger partial charge in [-0.1, -0.05) is 45.3 Å². The molecule has 0 radical (unpaired) electrons. The summed E-state index contributed by atoms with van der Waals surface area (Å²) in [6.07, 6.45) is 0.619. The molecule has 7 heteroatoms. The second kappa shape index (κ2) is 4.93. The van der Waals surface area contributed by atoms with Crippen LogP contribution in [0.3, 0.4) is 0 Å². The molecule has 0 N–H and O–H groups in total. The Kier molecular flexibility index (Phi) is 3.47. The molecule has 4 nitrogen and oxygen atoms in total. The average molecular weight is 441 g/mol. The number of piperazine rings is 1. The molecule has 3 aliphatic rings. The van der Waals surface area contributed by atoms with E-state index in [9.17, 15) is 9.59 Å². The Balaban J connectivity index is 1.98. The zero-order valence-corrected chi connectivity index (χ0v) is 18.1. The zero-order valence-electron chi connectivity index (χ0n) is 14.9. The Morgan fingerprint density at radius 3 is 2.52 bits per heavy atom. The summed E-state index contributed by atoms with van der Waals surface area (Å²) in [7, 11) is 0.964. The number of carbonyl (C=O) groups is 2. The first kappa shape index (κ1) is 17.6. The number of likely N-dealkylation sites (N-methyl/N-ethyl adjacent to an activating group) is 1. The van der Waals surface area contributed by atoms with Crippen LogP contribution in [0, 0.1) is 12.3 Å². The number of hydrogen-bond donors (Lipinski definition) is 0. The second-order valence-corrected chi connectivity index (χ2v) is 12.1. The molecule has 0 aromatic heterocycles. The summed E-state index contributed by atoms with van der Waals surface area (Å²) in [6.45, 7) is 8.20. The highest BCUT2D eigenvalue weighted by Gasteiger charge is 2.79. The molecule has 0 saturated carbocycles. The van der Waals surface area contributed by atoms with Crippen molar-refractivity contribution in [3.63, 3.8) is 0 Å². The number of nitrogens with zero attached hydrogens (tertiary/aromatic N) is 2. The van der Waals surface area contributed by atoms with Crippen molar-refractivity contribution in [1.29, 1.82) is 0 Å². The molecular weight excluding hydrogens is 420 g/mol. The predicted molar refractivity (Wildman–Crippen MR) is 106 cm³/mol. The van der Waals surface area contributed by atoms with Gasteiger partial charge in [0.1, 0.15) is 0 Å². The molecule has 3 fully saturated rings. The van der Waals surface area contributed by atoms with Crippen molar-refractivity contribution in [2.75, 3.05) is 7.05 Å². The molecular formula is C18H21BrN2O2S2. The molecule has 1 aromatic rings. The third kappa shape index (κ3) is 1.80. The fourth-order valence-electron chi connectivity index (χ4n) is 4.87. The maximum absolute atomic E-state index is 13.5. The van der Waals surface area contributed by atoms with E-state index in [0.29, 0.717) is 6.42 Å². The lowest BCUT2D eigenvalue weighted by molar-refractivity contribution is -0.159. The Morgan fingerprint density at radius 1 is 1.24 bits per heavy atom. The summed E-state index contributed by atoms with van der Waals surface area (Å²) < 4.78 is 0.980. The van der Waals surface area contributed by atoms with E-state index in [4.69, 9.17) is 11.2 Å². The lowest BCUT2D eigenvalue weighted by atomic mass is 9.79. The second-order valence-electron chi connectivity index (χ2n) is 8.14. The summed E-state index contributed by atoms with van der Waals surface area (Å²) >= 11 is 9.40. The summed E-state index contributed by atoms with van der Waals surface area (Å²) in [5.74, 6) is 0.0130.